The lowest BCUT2D eigenvalue weighted by Crippen LogP contribution is -2.59. The Labute approximate surface area is 242 Å². The second-order valence-electron chi connectivity index (χ2n) is 10.3. The number of carboxylic acid groups (broad SMARTS) is 1. The molecular formula is C28H38N8O6. The molecule has 2 heterocycles. The smallest absolute Gasteiger partial charge is 0.326 e. The highest BCUT2D eigenvalue weighted by molar-refractivity contribution is 5.94. The lowest BCUT2D eigenvalue weighted by Gasteiger charge is -2.28. The maximum Gasteiger partial charge on any atom is 0.326 e. The Balaban J connectivity index is 1.74. The van der Waals surface area contributed by atoms with Crippen LogP contribution in [-0.2, 0) is 36.8 Å². The van der Waals surface area contributed by atoms with Crippen LogP contribution in [0.2, 0.25) is 0 Å². The van der Waals surface area contributed by atoms with Gasteiger partial charge in [0.1, 0.15) is 18.1 Å². The van der Waals surface area contributed by atoms with Crippen LogP contribution in [0.5, 0.6) is 0 Å². The monoisotopic (exact) mass is 582 g/mol. The van der Waals surface area contributed by atoms with Crippen molar-refractivity contribution in [2.24, 2.45) is 17.4 Å². The van der Waals surface area contributed by atoms with Crippen molar-refractivity contribution in [3.63, 3.8) is 0 Å². The first-order valence-electron chi connectivity index (χ1n) is 13.7. The molecule has 0 saturated heterocycles. The molecule has 10 N–H and O–H groups in total. The Morgan fingerprint density at radius 1 is 0.976 bits per heavy atom. The van der Waals surface area contributed by atoms with Crippen LogP contribution < -0.4 is 27.4 Å². The minimum atomic E-state index is -1.40. The van der Waals surface area contributed by atoms with Crippen molar-refractivity contribution in [1.82, 2.24) is 30.9 Å². The van der Waals surface area contributed by atoms with Gasteiger partial charge in [0.25, 0.3) is 0 Å². The Kier molecular flexibility index (Phi) is 11.2. The minimum Gasteiger partial charge on any atom is -0.480 e. The Morgan fingerprint density at radius 3 is 2.33 bits per heavy atom. The molecule has 5 unspecified atom stereocenters. The molecule has 2 aromatic heterocycles. The third-order valence-corrected chi connectivity index (χ3v) is 7.15. The Bertz CT molecular complexity index is 1390. The summed E-state index contributed by atoms with van der Waals surface area (Å²) in [5.74, 6) is -4.36. The molecule has 4 amide bonds. The number of aliphatic carboxylic acids is 1. The summed E-state index contributed by atoms with van der Waals surface area (Å²) in [6.07, 6.45) is 4.90. The van der Waals surface area contributed by atoms with Crippen LogP contribution in [0.3, 0.4) is 0 Å². The summed E-state index contributed by atoms with van der Waals surface area (Å²) in [6, 6.07) is 3.02. The van der Waals surface area contributed by atoms with E-state index < -0.39 is 53.8 Å². The molecule has 0 spiro atoms. The van der Waals surface area contributed by atoms with E-state index in [2.05, 4.69) is 30.9 Å². The van der Waals surface area contributed by atoms with E-state index in [1.807, 2.05) is 31.2 Å². The molecule has 226 valence electrons. The quantitative estimate of drug-likeness (QED) is 0.113. The van der Waals surface area contributed by atoms with Gasteiger partial charge in [0.2, 0.25) is 23.6 Å². The van der Waals surface area contributed by atoms with Crippen LogP contribution in [0.1, 0.15) is 44.4 Å². The molecular weight excluding hydrogens is 544 g/mol. The number of rotatable bonds is 16. The molecule has 14 heteroatoms. The van der Waals surface area contributed by atoms with Crippen LogP contribution >= 0.6 is 0 Å². The molecule has 5 atom stereocenters. The summed E-state index contributed by atoms with van der Waals surface area (Å²) in [6.45, 7) is 3.64. The number of hydrogen-bond donors (Lipinski definition) is 8. The van der Waals surface area contributed by atoms with Crippen molar-refractivity contribution in [2.45, 2.75) is 70.1 Å². The summed E-state index contributed by atoms with van der Waals surface area (Å²) >= 11 is 0. The van der Waals surface area contributed by atoms with E-state index in [1.165, 1.54) is 12.5 Å². The summed E-state index contributed by atoms with van der Waals surface area (Å²) < 4.78 is 0. The SMILES string of the molecule is CCC(C)C(NC(=O)C(N)Cc1c[nH]c2ccccc12)C(=O)NC(Cc1cnc[nH]1)C(=O)NC(CCC(N)=O)C(=O)O. The van der Waals surface area contributed by atoms with E-state index in [0.29, 0.717) is 12.1 Å². The third kappa shape index (κ3) is 8.64. The number of carbonyl (C=O) groups excluding carboxylic acids is 4. The second-order valence-corrected chi connectivity index (χ2v) is 10.3. The largest absolute Gasteiger partial charge is 0.480 e. The molecule has 1 aromatic carbocycles. The number of imidazole rings is 1. The van der Waals surface area contributed by atoms with Gasteiger partial charge in [-0.15, -0.1) is 0 Å². The van der Waals surface area contributed by atoms with E-state index in [4.69, 9.17) is 11.5 Å². The first-order chi connectivity index (χ1) is 20.0. The normalized spacial score (nSPS) is 14.7. The third-order valence-electron chi connectivity index (χ3n) is 7.15. The van der Waals surface area contributed by atoms with Crippen molar-refractivity contribution in [3.8, 4) is 0 Å². The number of H-pyrrole nitrogens is 2. The highest BCUT2D eigenvalue weighted by Crippen LogP contribution is 2.19. The van der Waals surface area contributed by atoms with E-state index in [9.17, 15) is 29.1 Å². The highest BCUT2D eigenvalue weighted by atomic mass is 16.4. The predicted octanol–water partition coefficient (Wildman–Crippen LogP) is -0.146. The average molecular weight is 583 g/mol. The van der Waals surface area contributed by atoms with E-state index in [0.717, 1.165) is 16.5 Å². The van der Waals surface area contributed by atoms with Crippen LogP contribution in [-0.4, -0.2) is 73.8 Å². The Morgan fingerprint density at radius 2 is 1.69 bits per heavy atom. The molecule has 0 bridgehead atoms. The first kappa shape index (κ1) is 31.8. The topological polar surface area (TPSA) is 238 Å². The van der Waals surface area contributed by atoms with Gasteiger partial charge in [-0.25, -0.2) is 9.78 Å². The maximum absolute atomic E-state index is 13.5. The zero-order chi connectivity index (χ0) is 30.8. The van der Waals surface area contributed by atoms with Crippen molar-refractivity contribution in [3.05, 3.63) is 54.2 Å². The number of benzene rings is 1. The predicted molar refractivity (Wildman–Crippen MR) is 154 cm³/mol. The highest BCUT2D eigenvalue weighted by Gasteiger charge is 2.33. The molecule has 0 fully saturated rings. The van der Waals surface area contributed by atoms with E-state index in [-0.39, 0.29) is 31.6 Å². The van der Waals surface area contributed by atoms with Gasteiger partial charge in [0.15, 0.2) is 0 Å². The zero-order valence-electron chi connectivity index (χ0n) is 23.6. The number of nitrogens with two attached hydrogens (primary N) is 2. The molecule has 3 aromatic rings. The van der Waals surface area contributed by atoms with Crippen LogP contribution in [0.15, 0.2) is 43.0 Å². The number of primary amides is 1. The fourth-order valence-corrected chi connectivity index (χ4v) is 4.50. The lowest BCUT2D eigenvalue weighted by molar-refractivity contribution is -0.142. The molecule has 3 rings (SSSR count). The van der Waals surface area contributed by atoms with Crippen molar-refractivity contribution in [2.75, 3.05) is 0 Å². The van der Waals surface area contributed by atoms with Gasteiger partial charge in [-0.1, -0.05) is 38.5 Å². The molecule has 0 saturated carbocycles. The molecule has 0 radical (unpaired) electrons. The van der Waals surface area contributed by atoms with E-state index >= 15 is 0 Å². The molecule has 0 aliphatic heterocycles. The first-order valence-corrected chi connectivity index (χ1v) is 13.7. The number of nitrogens with zero attached hydrogens (tertiary/aromatic N) is 1. The average Bonchev–Trinajstić information content (AvgIpc) is 3.62. The fraction of sp³-hybridized carbons (Fsp3) is 0.429. The Hall–Kier alpha value is -4.72. The van der Waals surface area contributed by atoms with Gasteiger partial charge in [0.05, 0.1) is 12.4 Å². The van der Waals surface area contributed by atoms with Gasteiger partial charge in [-0.3, -0.25) is 19.2 Å². The van der Waals surface area contributed by atoms with E-state index in [1.54, 1.807) is 13.1 Å². The summed E-state index contributed by atoms with van der Waals surface area (Å²) in [5, 5.41) is 18.2. The van der Waals surface area contributed by atoms with Gasteiger partial charge in [-0.05, 0) is 30.4 Å². The van der Waals surface area contributed by atoms with Gasteiger partial charge in [-0.2, -0.15) is 0 Å². The number of aromatic amines is 2. The molecule has 14 nitrogen and oxygen atoms in total. The van der Waals surface area contributed by atoms with Gasteiger partial charge in [0, 0.05) is 41.8 Å². The van der Waals surface area contributed by atoms with Crippen molar-refractivity contribution < 1.29 is 29.1 Å². The second kappa shape index (κ2) is 14.8. The molecule has 42 heavy (non-hydrogen) atoms. The number of carbonyl (C=O) groups is 5. The molecule has 0 aliphatic carbocycles. The number of amides is 4. The summed E-state index contributed by atoms with van der Waals surface area (Å²) in [7, 11) is 0. The minimum absolute atomic E-state index is 0.0407. The van der Waals surface area contributed by atoms with Gasteiger partial charge >= 0.3 is 5.97 Å². The fourth-order valence-electron chi connectivity index (χ4n) is 4.50. The standard InChI is InChI=1S/C28H38N8O6/c1-3-15(2)24(36-25(38)19(29)10-16-12-32-20-7-5-4-6-18(16)20)27(40)35-22(11-17-13-31-14-33-17)26(39)34-21(28(41)42)8-9-23(30)37/h4-7,12-15,19,21-22,24,32H,3,8-11,29H2,1-2H3,(H2,30,37)(H,31,33)(H,34,39)(H,35,40)(H,36,38)(H,41,42). The van der Waals surface area contributed by atoms with Crippen LogP contribution in [0, 0.1) is 5.92 Å². The number of para-hydroxylation sites is 1. The number of hydrogen-bond acceptors (Lipinski definition) is 7. The lowest BCUT2D eigenvalue weighted by atomic mass is 9.96. The zero-order valence-corrected chi connectivity index (χ0v) is 23.6. The number of nitrogens with one attached hydrogen (secondary N) is 5. The summed E-state index contributed by atoms with van der Waals surface area (Å²) in [4.78, 5) is 72.6. The summed E-state index contributed by atoms with van der Waals surface area (Å²) in [5.41, 5.74) is 13.6. The number of carboxylic acids is 1. The van der Waals surface area contributed by atoms with Crippen molar-refractivity contribution in [1.29, 1.82) is 0 Å². The number of aromatic nitrogens is 3. The molecule has 0 aliphatic rings. The maximum atomic E-state index is 13.5. The van der Waals surface area contributed by atoms with Crippen molar-refractivity contribution >= 4 is 40.5 Å². The van der Waals surface area contributed by atoms with Crippen LogP contribution in [0.25, 0.3) is 10.9 Å². The van der Waals surface area contributed by atoms with Gasteiger partial charge < -0.3 is 42.5 Å². The number of fused-ring (bicyclic) bond motifs is 1. The van der Waals surface area contributed by atoms with Crippen LogP contribution in [0.4, 0.5) is 0 Å².